The first-order chi connectivity index (χ1) is 13.1. The first kappa shape index (κ1) is 16.9. The van der Waals surface area contributed by atoms with E-state index in [0.717, 1.165) is 16.9 Å². The third-order valence-electron chi connectivity index (χ3n) is 4.28. The largest absolute Gasteiger partial charge is 0.338 e. The van der Waals surface area contributed by atoms with E-state index in [4.69, 9.17) is 0 Å². The second-order valence-corrected chi connectivity index (χ2v) is 6.56. The molecule has 2 aromatic carbocycles. The topological polar surface area (TPSA) is 75.6 Å². The van der Waals surface area contributed by atoms with Gasteiger partial charge in [0.05, 0.1) is 0 Å². The summed E-state index contributed by atoms with van der Waals surface area (Å²) in [5, 5.41) is 6.63. The van der Waals surface area contributed by atoms with Gasteiger partial charge in [0, 0.05) is 23.8 Å². The highest BCUT2D eigenvalue weighted by molar-refractivity contribution is 5.86. The van der Waals surface area contributed by atoms with Crippen LogP contribution in [0.3, 0.4) is 0 Å². The Labute approximate surface area is 157 Å². The van der Waals surface area contributed by atoms with Crippen molar-refractivity contribution in [1.82, 2.24) is 19.9 Å². The smallest absolute Gasteiger partial charge is 0.231 e. The third kappa shape index (κ3) is 3.69. The summed E-state index contributed by atoms with van der Waals surface area (Å²) in [5.41, 5.74) is 6.61. The number of nitrogens with one attached hydrogen (secondary N) is 2. The van der Waals surface area contributed by atoms with Crippen LogP contribution in [0.15, 0.2) is 54.9 Å². The maximum atomic E-state index is 4.64. The van der Waals surface area contributed by atoms with Gasteiger partial charge >= 0.3 is 0 Å². The van der Waals surface area contributed by atoms with Crippen molar-refractivity contribution < 1.29 is 0 Å². The number of fused-ring (bicyclic) bond motifs is 1. The highest BCUT2D eigenvalue weighted by atomic mass is 15.2. The van der Waals surface area contributed by atoms with Gasteiger partial charge < -0.3 is 10.6 Å². The van der Waals surface area contributed by atoms with Gasteiger partial charge in [0.2, 0.25) is 5.95 Å². The van der Waals surface area contributed by atoms with Crippen LogP contribution in [-0.4, -0.2) is 19.9 Å². The number of hydrogen-bond acceptors (Lipinski definition) is 6. The zero-order chi connectivity index (χ0) is 18.8. The highest BCUT2D eigenvalue weighted by Gasteiger charge is 2.11. The maximum Gasteiger partial charge on any atom is 0.231 e. The van der Waals surface area contributed by atoms with Crippen LogP contribution >= 0.6 is 0 Å². The van der Waals surface area contributed by atoms with Crippen molar-refractivity contribution in [3.8, 4) is 0 Å². The lowest BCUT2D eigenvalue weighted by molar-refractivity contribution is 1.14. The molecule has 0 aliphatic rings. The van der Waals surface area contributed by atoms with Crippen LogP contribution in [-0.2, 0) is 0 Å². The summed E-state index contributed by atoms with van der Waals surface area (Å²) in [7, 11) is 0. The summed E-state index contributed by atoms with van der Waals surface area (Å²) in [6, 6.07) is 14.3. The molecule has 4 aromatic rings. The molecule has 0 amide bonds. The van der Waals surface area contributed by atoms with Gasteiger partial charge in [-0.25, -0.2) is 9.97 Å². The molecule has 2 heterocycles. The average Bonchev–Trinajstić information content (AvgIpc) is 2.66. The summed E-state index contributed by atoms with van der Waals surface area (Å²) >= 11 is 0. The Morgan fingerprint density at radius 3 is 2.26 bits per heavy atom. The van der Waals surface area contributed by atoms with Gasteiger partial charge in [-0.05, 0) is 44.5 Å². The van der Waals surface area contributed by atoms with Crippen molar-refractivity contribution in [2.45, 2.75) is 20.8 Å². The molecule has 0 aliphatic carbocycles. The molecule has 0 bridgehead atoms. The van der Waals surface area contributed by atoms with E-state index in [1.807, 2.05) is 30.3 Å². The molecule has 6 heteroatoms. The Hall–Kier alpha value is -3.54. The van der Waals surface area contributed by atoms with E-state index in [2.05, 4.69) is 63.5 Å². The first-order valence-electron chi connectivity index (χ1n) is 8.75. The molecule has 0 aliphatic heterocycles. The van der Waals surface area contributed by atoms with Crippen LogP contribution in [0.1, 0.15) is 16.7 Å². The van der Waals surface area contributed by atoms with Gasteiger partial charge in [-0.1, -0.05) is 35.4 Å². The molecule has 0 atom stereocenters. The summed E-state index contributed by atoms with van der Waals surface area (Å²) in [6.07, 6.45) is 3.28. The number of nitrogens with zero attached hydrogens (tertiary/aromatic N) is 4. The van der Waals surface area contributed by atoms with E-state index in [0.29, 0.717) is 22.9 Å². The maximum absolute atomic E-state index is 4.64. The van der Waals surface area contributed by atoms with Crippen LogP contribution < -0.4 is 10.6 Å². The quantitative estimate of drug-likeness (QED) is 0.545. The van der Waals surface area contributed by atoms with Crippen molar-refractivity contribution in [2.75, 3.05) is 10.6 Å². The molecular weight excluding hydrogens is 336 g/mol. The van der Waals surface area contributed by atoms with Crippen LogP contribution in [0, 0.1) is 20.8 Å². The molecule has 2 aromatic heterocycles. The predicted molar refractivity (Wildman–Crippen MR) is 109 cm³/mol. The molecule has 0 saturated heterocycles. The van der Waals surface area contributed by atoms with Gasteiger partial charge in [-0.2, -0.15) is 9.97 Å². The lowest BCUT2D eigenvalue weighted by Crippen LogP contribution is -2.04. The van der Waals surface area contributed by atoms with Crippen LogP contribution in [0.5, 0.6) is 0 Å². The van der Waals surface area contributed by atoms with Crippen molar-refractivity contribution in [3.63, 3.8) is 0 Å². The molecule has 2 N–H and O–H groups in total. The first-order valence-corrected chi connectivity index (χ1v) is 8.75. The van der Waals surface area contributed by atoms with Crippen LogP contribution in [0.4, 0.5) is 23.1 Å². The molecule has 0 unspecified atom stereocenters. The van der Waals surface area contributed by atoms with E-state index < -0.39 is 0 Å². The molecule has 4 rings (SSSR count). The Morgan fingerprint density at radius 2 is 1.48 bits per heavy atom. The van der Waals surface area contributed by atoms with Crippen molar-refractivity contribution in [2.24, 2.45) is 0 Å². The van der Waals surface area contributed by atoms with Crippen molar-refractivity contribution in [3.05, 3.63) is 71.5 Å². The Bertz CT molecular complexity index is 1110. The number of benzene rings is 2. The Balaban J connectivity index is 1.75. The zero-order valence-electron chi connectivity index (χ0n) is 15.5. The number of aryl methyl sites for hydroxylation is 3. The Morgan fingerprint density at radius 1 is 0.741 bits per heavy atom. The molecule has 0 fully saturated rings. The van der Waals surface area contributed by atoms with Gasteiger partial charge in [-0.3, -0.25) is 0 Å². The fourth-order valence-electron chi connectivity index (χ4n) is 2.85. The summed E-state index contributed by atoms with van der Waals surface area (Å²) < 4.78 is 0. The van der Waals surface area contributed by atoms with E-state index in [-0.39, 0.29) is 0 Å². The summed E-state index contributed by atoms with van der Waals surface area (Å²) in [5.74, 6) is 1.09. The van der Waals surface area contributed by atoms with Gasteiger partial charge in [0.25, 0.3) is 0 Å². The molecule has 0 spiro atoms. The minimum atomic E-state index is 0.471. The van der Waals surface area contributed by atoms with E-state index in [1.54, 1.807) is 12.4 Å². The second-order valence-electron chi connectivity index (χ2n) is 6.56. The average molecular weight is 356 g/mol. The van der Waals surface area contributed by atoms with E-state index in [9.17, 15) is 0 Å². The zero-order valence-corrected chi connectivity index (χ0v) is 15.5. The lowest BCUT2D eigenvalue weighted by atomic mass is 10.1. The SMILES string of the molecule is Cc1ccc(Nc2nc(Nc3ccc(C)cc3C)c3nccnc3n2)cc1. The summed E-state index contributed by atoms with van der Waals surface area (Å²) in [4.78, 5) is 17.9. The predicted octanol–water partition coefficient (Wildman–Crippen LogP) is 4.83. The molecule has 6 nitrogen and oxygen atoms in total. The normalized spacial score (nSPS) is 10.8. The van der Waals surface area contributed by atoms with E-state index >= 15 is 0 Å². The Kier molecular flexibility index (Phi) is 4.38. The molecule has 27 heavy (non-hydrogen) atoms. The monoisotopic (exact) mass is 356 g/mol. The third-order valence-corrected chi connectivity index (χ3v) is 4.28. The number of aromatic nitrogens is 4. The van der Waals surface area contributed by atoms with Gasteiger partial charge in [-0.15, -0.1) is 0 Å². The van der Waals surface area contributed by atoms with Gasteiger partial charge in [0.15, 0.2) is 17.0 Å². The van der Waals surface area contributed by atoms with Crippen LogP contribution in [0.2, 0.25) is 0 Å². The fraction of sp³-hybridized carbons (Fsp3) is 0.143. The van der Waals surface area contributed by atoms with Gasteiger partial charge in [0.1, 0.15) is 0 Å². The van der Waals surface area contributed by atoms with Crippen LogP contribution in [0.25, 0.3) is 11.2 Å². The minimum Gasteiger partial charge on any atom is -0.338 e. The molecule has 0 radical (unpaired) electrons. The molecular formula is C21H20N6. The standard InChI is InChI=1S/C21H20N6/c1-13-4-7-16(8-5-13)24-21-26-19-18(22-10-11-23-19)20(27-21)25-17-9-6-14(2)12-15(17)3/h4-12H,1-3H3,(H2,23,24,25,26,27). The highest BCUT2D eigenvalue weighted by Crippen LogP contribution is 2.26. The number of rotatable bonds is 4. The number of hydrogen-bond donors (Lipinski definition) is 2. The van der Waals surface area contributed by atoms with E-state index in [1.165, 1.54) is 11.1 Å². The number of anilines is 4. The molecule has 0 saturated carbocycles. The second kappa shape index (κ2) is 6.99. The lowest BCUT2D eigenvalue weighted by Gasteiger charge is -2.13. The molecule has 134 valence electrons. The summed E-state index contributed by atoms with van der Waals surface area (Å²) in [6.45, 7) is 6.19. The fourth-order valence-corrected chi connectivity index (χ4v) is 2.85. The van der Waals surface area contributed by atoms with Crippen molar-refractivity contribution in [1.29, 1.82) is 0 Å². The minimum absolute atomic E-state index is 0.471. The van der Waals surface area contributed by atoms with Crippen molar-refractivity contribution >= 4 is 34.3 Å².